The van der Waals surface area contributed by atoms with Gasteiger partial charge < -0.3 is 20.9 Å². The maximum absolute atomic E-state index is 11.8. The molecule has 2 amide bonds. The fourth-order valence-corrected chi connectivity index (χ4v) is 2.41. The molecule has 0 radical (unpaired) electrons. The Morgan fingerprint density at radius 1 is 1.20 bits per heavy atom. The largest absolute Gasteiger partial charge is 0.368 e. The van der Waals surface area contributed by atoms with Gasteiger partial charge in [-0.25, -0.2) is 4.99 Å². The second kappa shape index (κ2) is 10.1. The minimum absolute atomic E-state index is 0. The highest BCUT2D eigenvalue weighted by Gasteiger charge is 2.35. The van der Waals surface area contributed by atoms with Crippen molar-refractivity contribution in [2.75, 3.05) is 46.8 Å². The van der Waals surface area contributed by atoms with Crippen LogP contribution in [0.5, 0.6) is 0 Å². The lowest BCUT2D eigenvalue weighted by Gasteiger charge is -2.43. The van der Waals surface area contributed by atoms with Crippen LogP contribution < -0.4 is 11.1 Å². The number of hydrogen-bond acceptors (Lipinski definition) is 4. The number of nitrogens with two attached hydrogens (primary N) is 1. The van der Waals surface area contributed by atoms with Crippen LogP contribution in [0.1, 0.15) is 27.7 Å². The first-order valence-electron chi connectivity index (χ1n) is 8.36. The highest BCUT2D eigenvalue weighted by molar-refractivity contribution is 14.0. The van der Waals surface area contributed by atoms with Crippen molar-refractivity contribution in [2.45, 2.75) is 39.3 Å². The molecule has 0 bridgehead atoms. The van der Waals surface area contributed by atoms with Gasteiger partial charge in [-0.15, -0.1) is 24.0 Å². The highest BCUT2D eigenvalue weighted by atomic mass is 127. The molecule has 0 spiro atoms. The number of guanidine groups is 1. The van der Waals surface area contributed by atoms with Crippen molar-refractivity contribution in [1.82, 2.24) is 20.0 Å². The van der Waals surface area contributed by atoms with E-state index in [0.29, 0.717) is 0 Å². The molecule has 25 heavy (non-hydrogen) atoms. The molecule has 1 saturated heterocycles. The number of primary amides is 1. The summed E-state index contributed by atoms with van der Waals surface area (Å²) in [5.74, 6) is 0.380. The molecule has 1 heterocycles. The Bertz CT molecular complexity index is 485. The highest BCUT2D eigenvalue weighted by Crippen LogP contribution is 2.16. The van der Waals surface area contributed by atoms with Gasteiger partial charge in [-0.2, -0.15) is 0 Å². The standard InChI is InChI=1S/C16H32N6O2.HI/c1-12(2)19-15(18-11-13(23)20(5)6)21-7-9-22(10-8-21)16(3,4)14(17)24;/h12H,7-11H2,1-6H3,(H2,17,24)(H,18,19);1H. The third-order valence-corrected chi connectivity index (χ3v) is 4.25. The van der Waals surface area contributed by atoms with E-state index in [1.54, 1.807) is 14.1 Å². The molecule has 0 aromatic heterocycles. The Kier molecular flexibility index (Phi) is 9.70. The number of piperazine rings is 1. The summed E-state index contributed by atoms with van der Waals surface area (Å²) in [7, 11) is 3.44. The first-order valence-corrected chi connectivity index (χ1v) is 8.36. The van der Waals surface area contributed by atoms with Crippen LogP contribution in [0.4, 0.5) is 0 Å². The van der Waals surface area contributed by atoms with Gasteiger partial charge in [-0.05, 0) is 27.7 Å². The number of halogens is 1. The normalized spacial score (nSPS) is 16.4. The molecule has 0 saturated carbocycles. The zero-order chi connectivity index (χ0) is 18.5. The lowest BCUT2D eigenvalue weighted by atomic mass is 10.0. The maximum atomic E-state index is 11.8. The zero-order valence-corrected chi connectivity index (χ0v) is 18.5. The predicted octanol–water partition coefficient (Wildman–Crippen LogP) is -0.0719. The Labute approximate surface area is 168 Å². The molecular formula is C16H33IN6O2. The summed E-state index contributed by atoms with van der Waals surface area (Å²) in [5, 5.41) is 3.32. The van der Waals surface area contributed by atoms with Crippen LogP contribution >= 0.6 is 24.0 Å². The van der Waals surface area contributed by atoms with Crippen molar-refractivity contribution >= 4 is 41.8 Å². The third kappa shape index (κ3) is 6.96. The van der Waals surface area contributed by atoms with Gasteiger partial charge in [-0.1, -0.05) is 0 Å². The average molecular weight is 468 g/mol. The van der Waals surface area contributed by atoms with Gasteiger partial charge in [0.1, 0.15) is 6.54 Å². The zero-order valence-electron chi connectivity index (χ0n) is 16.2. The number of hydrogen-bond donors (Lipinski definition) is 2. The van der Waals surface area contributed by atoms with Crippen LogP contribution in [-0.4, -0.2) is 90.9 Å². The molecule has 146 valence electrons. The van der Waals surface area contributed by atoms with Crippen LogP contribution in [0.2, 0.25) is 0 Å². The molecule has 3 N–H and O–H groups in total. The number of amides is 2. The van der Waals surface area contributed by atoms with Crippen LogP contribution in [0.3, 0.4) is 0 Å². The van der Waals surface area contributed by atoms with Gasteiger partial charge in [0.2, 0.25) is 11.8 Å². The Balaban J connectivity index is 0.00000576. The van der Waals surface area contributed by atoms with Gasteiger partial charge in [0.15, 0.2) is 5.96 Å². The van der Waals surface area contributed by atoms with Crippen LogP contribution in [0.15, 0.2) is 4.99 Å². The van der Waals surface area contributed by atoms with E-state index in [1.807, 2.05) is 27.7 Å². The van der Waals surface area contributed by atoms with Gasteiger partial charge in [0.25, 0.3) is 0 Å². The molecule has 0 atom stereocenters. The summed E-state index contributed by atoms with van der Waals surface area (Å²) < 4.78 is 0. The summed E-state index contributed by atoms with van der Waals surface area (Å²) in [6, 6.07) is 0.221. The topological polar surface area (TPSA) is 94.3 Å². The Morgan fingerprint density at radius 3 is 2.12 bits per heavy atom. The monoisotopic (exact) mass is 468 g/mol. The molecule has 8 nitrogen and oxygen atoms in total. The molecule has 1 fully saturated rings. The van der Waals surface area contributed by atoms with Crippen molar-refractivity contribution in [3.8, 4) is 0 Å². The summed E-state index contributed by atoms with van der Waals surface area (Å²) in [5.41, 5.74) is 4.84. The maximum Gasteiger partial charge on any atom is 0.243 e. The van der Waals surface area contributed by atoms with Crippen molar-refractivity contribution in [2.24, 2.45) is 10.7 Å². The summed E-state index contributed by atoms with van der Waals surface area (Å²) in [4.78, 5) is 33.6. The second-order valence-electron chi connectivity index (χ2n) is 7.12. The van der Waals surface area contributed by atoms with E-state index in [1.165, 1.54) is 4.90 Å². The smallest absolute Gasteiger partial charge is 0.243 e. The number of carbonyl (C=O) groups is 2. The quantitative estimate of drug-likeness (QED) is 0.335. The first kappa shape index (κ1) is 23.9. The predicted molar refractivity (Wildman–Crippen MR) is 111 cm³/mol. The molecule has 1 rings (SSSR count). The third-order valence-electron chi connectivity index (χ3n) is 4.25. The molecule has 1 aliphatic rings. The SMILES string of the molecule is CC(C)NC(=NCC(=O)N(C)C)N1CCN(C(C)(C)C(N)=O)CC1.I. The van der Waals surface area contributed by atoms with E-state index in [9.17, 15) is 9.59 Å². The lowest BCUT2D eigenvalue weighted by molar-refractivity contribution is -0.129. The molecule has 9 heteroatoms. The average Bonchev–Trinajstić information content (AvgIpc) is 2.50. The van der Waals surface area contributed by atoms with E-state index in [-0.39, 0.29) is 48.4 Å². The Morgan fingerprint density at radius 2 is 1.72 bits per heavy atom. The molecule has 1 aliphatic heterocycles. The van der Waals surface area contributed by atoms with Crippen molar-refractivity contribution < 1.29 is 9.59 Å². The molecule has 0 aliphatic carbocycles. The van der Waals surface area contributed by atoms with Crippen LogP contribution in [0, 0.1) is 0 Å². The molecule has 0 aromatic carbocycles. The fraction of sp³-hybridized carbons (Fsp3) is 0.812. The Hall–Kier alpha value is -1.10. The second-order valence-corrected chi connectivity index (χ2v) is 7.12. The van der Waals surface area contributed by atoms with Gasteiger partial charge in [-0.3, -0.25) is 14.5 Å². The van der Waals surface area contributed by atoms with Gasteiger partial charge in [0.05, 0.1) is 5.54 Å². The van der Waals surface area contributed by atoms with Crippen molar-refractivity contribution in [1.29, 1.82) is 0 Å². The van der Waals surface area contributed by atoms with E-state index in [4.69, 9.17) is 5.73 Å². The van der Waals surface area contributed by atoms with Gasteiger partial charge in [0, 0.05) is 46.3 Å². The van der Waals surface area contributed by atoms with E-state index < -0.39 is 5.54 Å². The van der Waals surface area contributed by atoms with E-state index in [2.05, 4.69) is 20.1 Å². The molecule has 0 aromatic rings. The molecular weight excluding hydrogens is 435 g/mol. The number of rotatable bonds is 5. The number of nitrogens with zero attached hydrogens (tertiary/aromatic N) is 4. The number of likely N-dealkylation sites (N-methyl/N-ethyl adjacent to an activating group) is 1. The van der Waals surface area contributed by atoms with Crippen LogP contribution in [-0.2, 0) is 9.59 Å². The first-order chi connectivity index (χ1) is 11.1. The fourth-order valence-electron chi connectivity index (χ4n) is 2.41. The van der Waals surface area contributed by atoms with E-state index in [0.717, 1.165) is 32.1 Å². The molecule has 0 unspecified atom stereocenters. The van der Waals surface area contributed by atoms with Crippen molar-refractivity contribution in [3.63, 3.8) is 0 Å². The number of aliphatic imine (C=N–C) groups is 1. The van der Waals surface area contributed by atoms with Crippen LogP contribution in [0.25, 0.3) is 0 Å². The number of nitrogens with one attached hydrogen (secondary N) is 1. The summed E-state index contributed by atoms with van der Waals surface area (Å²) in [6.07, 6.45) is 0. The van der Waals surface area contributed by atoms with Gasteiger partial charge >= 0.3 is 0 Å². The lowest BCUT2D eigenvalue weighted by Crippen LogP contribution is -2.61. The minimum atomic E-state index is -0.657. The summed E-state index contributed by atoms with van der Waals surface area (Å²) in [6.45, 7) is 10.8. The summed E-state index contributed by atoms with van der Waals surface area (Å²) >= 11 is 0. The van der Waals surface area contributed by atoms with Crippen molar-refractivity contribution in [3.05, 3.63) is 0 Å². The number of carbonyl (C=O) groups excluding carboxylic acids is 2. The van der Waals surface area contributed by atoms with E-state index >= 15 is 0 Å². The minimum Gasteiger partial charge on any atom is -0.368 e.